The van der Waals surface area contributed by atoms with Crippen molar-refractivity contribution in [1.29, 1.82) is 0 Å². The van der Waals surface area contributed by atoms with Crippen molar-refractivity contribution in [2.45, 2.75) is 29.1 Å². The number of halogens is 1. The van der Waals surface area contributed by atoms with Crippen LogP contribution in [0.1, 0.15) is 24.8 Å². The van der Waals surface area contributed by atoms with Crippen molar-refractivity contribution in [1.82, 2.24) is 9.29 Å². The smallest absolute Gasteiger partial charge is 0.252 e. The summed E-state index contributed by atoms with van der Waals surface area (Å²) in [6, 6.07) is 6.85. The van der Waals surface area contributed by atoms with Gasteiger partial charge in [0.05, 0.1) is 9.94 Å². The molecule has 2 fully saturated rings. The van der Waals surface area contributed by atoms with E-state index in [1.807, 2.05) is 12.1 Å². The summed E-state index contributed by atoms with van der Waals surface area (Å²) in [4.78, 5) is 4.13. The van der Waals surface area contributed by atoms with Crippen molar-refractivity contribution in [3.8, 4) is 0 Å². The molecule has 5 nitrogen and oxygen atoms in total. The Morgan fingerprint density at radius 3 is 2.84 bits per heavy atom. The fraction of sp³-hybridized carbons (Fsp3) is 0.471. The molecule has 1 aliphatic heterocycles. The quantitative estimate of drug-likeness (QED) is 0.862. The van der Waals surface area contributed by atoms with Gasteiger partial charge in [-0.25, -0.2) is 8.42 Å². The second-order valence-electron chi connectivity index (χ2n) is 6.81. The van der Waals surface area contributed by atoms with Gasteiger partial charge in [-0.05, 0) is 43.4 Å². The molecule has 3 atom stereocenters. The van der Waals surface area contributed by atoms with Crippen LogP contribution in [0.25, 0.3) is 0 Å². The third kappa shape index (κ3) is 2.92. The van der Waals surface area contributed by atoms with Gasteiger partial charge < -0.3 is 5.11 Å². The van der Waals surface area contributed by atoms with Crippen LogP contribution in [-0.4, -0.2) is 35.9 Å². The van der Waals surface area contributed by atoms with E-state index in [2.05, 4.69) is 4.98 Å². The molecule has 0 spiro atoms. The SMILES string of the molecule is O=S(=O)(c1ccc(Cl)s1)N1C[C@H]2CCC[C@@](O)(c3cccnc3)[C@H]2C1. The van der Waals surface area contributed by atoms with E-state index in [0.717, 1.165) is 29.7 Å². The summed E-state index contributed by atoms with van der Waals surface area (Å²) >= 11 is 6.98. The first-order valence-corrected chi connectivity index (χ1v) is 10.9. The highest BCUT2D eigenvalue weighted by Gasteiger charge is 2.52. The Morgan fingerprint density at radius 2 is 2.16 bits per heavy atom. The Bertz CT molecular complexity index is 871. The number of nitrogens with zero attached hydrogens (tertiary/aromatic N) is 2. The van der Waals surface area contributed by atoms with E-state index < -0.39 is 15.6 Å². The summed E-state index contributed by atoms with van der Waals surface area (Å²) in [5, 5.41) is 11.4. The minimum Gasteiger partial charge on any atom is -0.385 e. The first kappa shape index (κ1) is 17.4. The van der Waals surface area contributed by atoms with Crippen LogP contribution in [0.2, 0.25) is 4.34 Å². The lowest BCUT2D eigenvalue weighted by Crippen LogP contribution is -2.43. The molecule has 1 N–H and O–H groups in total. The number of pyridine rings is 1. The van der Waals surface area contributed by atoms with E-state index in [1.54, 1.807) is 24.5 Å². The molecule has 1 saturated heterocycles. The van der Waals surface area contributed by atoms with Gasteiger partial charge in [-0.2, -0.15) is 4.31 Å². The van der Waals surface area contributed by atoms with Gasteiger partial charge in [0.1, 0.15) is 4.21 Å². The van der Waals surface area contributed by atoms with Crippen LogP contribution in [0.15, 0.2) is 40.9 Å². The number of hydrogen-bond acceptors (Lipinski definition) is 5. The first-order chi connectivity index (χ1) is 11.9. The van der Waals surface area contributed by atoms with Crippen LogP contribution in [0.3, 0.4) is 0 Å². The minimum atomic E-state index is -3.57. The van der Waals surface area contributed by atoms with Gasteiger partial charge in [0.25, 0.3) is 10.0 Å². The average Bonchev–Trinajstić information content (AvgIpc) is 3.24. The molecule has 4 rings (SSSR count). The van der Waals surface area contributed by atoms with E-state index in [-0.39, 0.29) is 16.0 Å². The summed E-state index contributed by atoms with van der Waals surface area (Å²) in [6.07, 6.45) is 5.83. The zero-order valence-electron chi connectivity index (χ0n) is 13.5. The molecular formula is C17H19ClN2O3S2. The van der Waals surface area contributed by atoms with Crippen LogP contribution in [-0.2, 0) is 15.6 Å². The highest BCUT2D eigenvalue weighted by Crippen LogP contribution is 2.49. The van der Waals surface area contributed by atoms with Crippen LogP contribution in [0.4, 0.5) is 0 Å². The molecule has 3 heterocycles. The van der Waals surface area contributed by atoms with E-state index in [0.29, 0.717) is 23.8 Å². The maximum atomic E-state index is 12.9. The van der Waals surface area contributed by atoms with Gasteiger partial charge in [0.15, 0.2) is 0 Å². The second kappa shape index (κ2) is 6.32. The number of rotatable bonds is 3. The van der Waals surface area contributed by atoms with E-state index >= 15 is 0 Å². The lowest BCUT2D eigenvalue weighted by atomic mass is 9.68. The fourth-order valence-electron chi connectivity index (χ4n) is 4.22. The molecule has 2 aromatic rings. The molecule has 25 heavy (non-hydrogen) atoms. The van der Waals surface area contributed by atoms with Gasteiger partial charge >= 0.3 is 0 Å². The van der Waals surface area contributed by atoms with Crippen molar-refractivity contribution < 1.29 is 13.5 Å². The number of aromatic nitrogens is 1. The molecule has 0 aromatic carbocycles. The molecule has 0 unspecified atom stereocenters. The van der Waals surface area contributed by atoms with E-state index in [1.165, 1.54) is 4.31 Å². The maximum absolute atomic E-state index is 12.9. The normalized spacial score (nSPS) is 30.3. The summed E-state index contributed by atoms with van der Waals surface area (Å²) in [5.74, 6) is 0.0415. The molecule has 0 radical (unpaired) electrons. The third-order valence-corrected chi connectivity index (χ3v) is 8.99. The lowest BCUT2D eigenvalue weighted by molar-refractivity contribution is -0.0643. The van der Waals surface area contributed by atoms with Crippen LogP contribution in [0.5, 0.6) is 0 Å². The number of thiophene rings is 1. The minimum absolute atomic E-state index is 0.115. The van der Waals surface area contributed by atoms with Crippen molar-refractivity contribution in [2.24, 2.45) is 11.8 Å². The van der Waals surface area contributed by atoms with E-state index in [9.17, 15) is 13.5 Å². The van der Waals surface area contributed by atoms with Gasteiger partial charge in [-0.1, -0.05) is 17.7 Å². The Kier molecular flexibility index (Phi) is 4.40. The summed E-state index contributed by atoms with van der Waals surface area (Å²) in [6.45, 7) is 0.777. The molecule has 2 aliphatic rings. The molecule has 1 saturated carbocycles. The van der Waals surface area contributed by atoms with Gasteiger partial charge in [0.2, 0.25) is 0 Å². The summed E-state index contributed by atoms with van der Waals surface area (Å²) in [5.41, 5.74) is -0.239. The third-order valence-electron chi connectivity index (χ3n) is 5.46. The highest BCUT2D eigenvalue weighted by molar-refractivity contribution is 7.91. The molecule has 1 aliphatic carbocycles. The summed E-state index contributed by atoms with van der Waals surface area (Å²) in [7, 11) is -3.57. The highest BCUT2D eigenvalue weighted by atomic mass is 35.5. The number of fused-ring (bicyclic) bond motifs is 1. The predicted octanol–water partition coefficient (Wildman–Crippen LogP) is 3.10. The largest absolute Gasteiger partial charge is 0.385 e. The second-order valence-corrected chi connectivity index (χ2v) is 10.7. The zero-order chi connectivity index (χ0) is 17.7. The van der Waals surface area contributed by atoms with Crippen LogP contribution >= 0.6 is 22.9 Å². The number of sulfonamides is 1. The van der Waals surface area contributed by atoms with Crippen molar-refractivity contribution in [3.05, 3.63) is 46.6 Å². The Hall–Kier alpha value is -0.990. The van der Waals surface area contributed by atoms with Crippen molar-refractivity contribution in [2.75, 3.05) is 13.1 Å². The number of aliphatic hydroxyl groups is 1. The molecule has 0 amide bonds. The Balaban J connectivity index is 1.65. The zero-order valence-corrected chi connectivity index (χ0v) is 15.9. The first-order valence-electron chi connectivity index (χ1n) is 8.29. The topological polar surface area (TPSA) is 70.5 Å². The monoisotopic (exact) mass is 398 g/mol. The Morgan fingerprint density at radius 1 is 1.32 bits per heavy atom. The average molecular weight is 399 g/mol. The molecule has 8 heteroatoms. The predicted molar refractivity (Wildman–Crippen MR) is 97.1 cm³/mol. The van der Waals surface area contributed by atoms with Gasteiger partial charge in [-0.3, -0.25) is 4.98 Å². The van der Waals surface area contributed by atoms with E-state index in [4.69, 9.17) is 11.6 Å². The Labute approximate surface area is 156 Å². The van der Waals surface area contributed by atoms with Crippen LogP contribution < -0.4 is 0 Å². The summed E-state index contributed by atoms with van der Waals surface area (Å²) < 4.78 is 28.1. The molecule has 2 aromatic heterocycles. The van der Waals surface area contributed by atoms with Crippen molar-refractivity contribution in [3.63, 3.8) is 0 Å². The molecular weight excluding hydrogens is 380 g/mol. The maximum Gasteiger partial charge on any atom is 0.252 e. The van der Waals surface area contributed by atoms with Crippen LogP contribution in [0, 0.1) is 11.8 Å². The number of hydrogen-bond donors (Lipinski definition) is 1. The lowest BCUT2D eigenvalue weighted by Gasteiger charge is -2.41. The van der Waals surface area contributed by atoms with Gasteiger partial charge in [0, 0.05) is 37.0 Å². The fourth-order valence-corrected chi connectivity index (χ4v) is 7.38. The van der Waals surface area contributed by atoms with Gasteiger partial charge in [-0.15, -0.1) is 11.3 Å². The molecule has 134 valence electrons. The van der Waals surface area contributed by atoms with Crippen molar-refractivity contribution >= 4 is 33.0 Å². The standard InChI is InChI=1S/C17H19ClN2O3S2/c18-15-5-6-16(24-15)25(22,23)20-10-12-3-1-7-17(21,14(12)11-20)13-4-2-8-19-9-13/h2,4-6,8-9,12,14,21H,1,3,7,10-11H2/t12-,14+,17-/m1/s1. The molecule has 0 bridgehead atoms.